The molecule has 0 aliphatic carbocycles. The van der Waals surface area contributed by atoms with Crippen LogP contribution in [0.2, 0.25) is 0 Å². The number of amides is 1. The van der Waals surface area contributed by atoms with E-state index in [1.807, 2.05) is 16.9 Å². The zero-order chi connectivity index (χ0) is 16.7. The molecule has 4 rings (SSSR count). The van der Waals surface area contributed by atoms with Gasteiger partial charge < -0.3 is 9.88 Å². The number of carbonyl (C=O) groups is 1. The predicted octanol–water partition coefficient (Wildman–Crippen LogP) is 0.489. The van der Waals surface area contributed by atoms with Crippen LogP contribution in [-0.4, -0.2) is 36.3 Å². The second-order valence-electron chi connectivity index (χ2n) is 5.89. The molecule has 0 spiro atoms. The first-order valence-electron chi connectivity index (χ1n) is 7.72. The molecule has 24 heavy (non-hydrogen) atoms. The summed E-state index contributed by atoms with van der Waals surface area (Å²) in [6, 6.07) is 1.76. The van der Waals surface area contributed by atoms with E-state index in [1.54, 1.807) is 6.07 Å². The zero-order valence-corrected chi connectivity index (χ0v) is 13.9. The van der Waals surface area contributed by atoms with Gasteiger partial charge in [-0.2, -0.15) is 0 Å². The molecule has 0 bridgehead atoms. The molecule has 4 heterocycles. The standard InChI is InChI=1S/C15H16N6O2S/c1-9-18-19-12-3-2-10(6-21(9)12)17-13(22)7-20-8-16-14-11(15(20)23)4-5-24-14/h4-5,8,10H,2-3,6-7H2,1H3,(H,17,22)/t10-/m1/s1. The van der Waals surface area contributed by atoms with Crippen molar-refractivity contribution in [1.82, 2.24) is 29.6 Å². The number of aromatic nitrogens is 5. The molecular formula is C15H16N6O2S. The molecule has 0 aromatic carbocycles. The van der Waals surface area contributed by atoms with E-state index in [1.165, 1.54) is 22.2 Å². The lowest BCUT2D eigenvalue weighted by Crippen LogP contribution is -2.43. The van der Waals surface area contributed by atoms with Gasteiger partial charge in [-0.05, 0) is 24.8 Å². The number of fused-ring (bicyclic) bond motifs is 2. The lowest BCUT2D eigenvalue weighted by Gasteiger charge is -2.25. The Morgan fingerprint density at radius 2 is 2.33 bits per heavy atom. The number of hydrogen-bond acceptors (Lipinski definition) is 6. The summed E-state index contributed by atoms with van der Waals surface area (Å²) in [5.41, 5.74) is -0.183. The predicted molar refractivity (Wildman–Crippen MR) is 88.9 cm³/mol. The van der Waals surface area contributed by atoms with Crippen molar-refractivity contribution in [3.63, 3.8) is 0 Å². The third-order valence-corrected chi connectivity index (χ3v) is 5.08. The van der Waals surface area contributed by atoms with Gasteiger partial charge in [-0.3, -0.25) is 14.2 Å². The van der Waals surface area contributed by atoms with Crippen LogP contribution in [-0.2, 0) is 24.3 Å². The molecular weight excluding hydrogens is 328 g/mol. The van der Waals surface area contributed by atoms with Crippen LogP contribution in [0.25, 0.3) is 10.2 Å². The van der Waals surface area contributed by atoms with Gasteiger partial charge in [-0.15, -0.1) is 21.5 Å². The summed E-state index contributed by atoms with van der Waals surface area (Å²) >= 11 is 1.41. The molecule has 1 N–H and O–H groups in total. The summed E-state index contributed by atoms with van der Waals surface area (Å²) in [6.45, 7) is 2.54. The molecule has 9 heteroatoms. The minimum absolute atomic E-state index is 0.0215. The Morgan fingerprint density at radius 1 is 1.46 bits per heavy atom. The molecule has 0 saturated carbocycles. The minimum Gasteiger partial charge on any atom is -0.350 e. The van der Waals surface area contributed by atoms with Crippen molar-refractivity contribution in [2.75, 3.05) is 0 Å². The summed E-state index contributed by atoms with van der Waals surface area (Å²) < 4.78 is 3.38. The summed E-state index contributed by atoms with van der Waals surface area (Å²) in [7, 11) is 0. The van der Waals surface area contributed by atoms with Gasteiger partial charge in [-0.25, -0.2) is 4.98 Å². The van der Waals surface area contributed by atoms with Crippen molar-refractivity contribution in [3.05, 3.63) is 39.8 Å². The lowest BCUT2D eigenvalue weighted by atomic mass is 10.1. The second-order valence-corrected chi connectivity index (χ2v) is 6.79. The van der Waals surface area contributed by atoms with Crippen molar-refractivity contribution >= 4 is 27.5 Å². The molecule has 124 valence electrons. The van der Waals surface area contributed by atoms with Gasteiger partial charge in [0.05, 0.1) is 11.7 Å². The van der Waals surface area contributed by atoms with Crippen LogP contribution in [0.15, 0.2) is 22.6 Å². The van der Waals surface area contributed by atoms with Crippen molar-refractivity contribution < 1.29 is 4.79 Å². The molecule has 1 aliphatic rings. The SMILES string of the molecule is Cc1nnc2n1C[C@H](NC(=O)Cn1cnc3sccc3c1=O)CC2. The lowest BCUT2D eigenvalue weighted by molar-refractivity contribution is -0.122. The summed E-state index contributed by atoms with van der Waals surface area (Å²) in [4.78, 5) is 29.5. The van der Waals surface area contributed by atoms with Gasteiger partial charge in [0, 0.05) is 19.0 Å². The topological polar surface area (TPSA) is 94.7 Å². The molecule has 1 amide bonds. The third-order valence-electron chi connectivity index (χ3n) is 4.26. The Labute approximate surface area is 141 Å². The highest BCUT2D eigenvalue weighted by Crippen LogP contribution is 2.15. The van der Waals surface area contributed by atoms with Gasteiger partial charge >= 0.3 is 0 Å². The maximum absolute atomic E-state index is 12.3. The Hall–Kier alpha value is -2.55. The van der Waals surface area contributed by atoms with Crippen LogP contribution in [0.1, 0.15) is 18.1 Å². The van der Waals surface area contributed by atoms with Gasteiger partial charge in [0.25, 0.3) is 5.56 Å². The number of hydrogen-bond donors (Lipinski definition) is 1. The molecule has 0 unspecified atom stereocenters. The highest BCUT2D eigenvalue weighted by atomic mass is 32.1. The quantitative estimate of drug-likeness (QED) is 0.746. The van der Waals surface area contributed by atoms with Crippen molar-refractivity contribution in [1.29, 1.82) is 0 Å². The number of rotatable bonds is 3. The van der Waals surface area contributed by atoms with Crippen molar-refractivity contribution in [3.8, 4) is 0 Å². The van der Waals surface area contributed by atoms with Crippen LogP contribution < -0.4 is 10.9 Å². The summed E-state index contributed by atoms with van der Waals surface area (Å²) in [6.07, 6.45) is 3.04. The maximum Gasteiger partial charge on any atom is 0.262 e. The molecule has 0 radical (unpaired) electrons. The van der Waals surface area contributed by atoms with Crippen LogP contribution in [0.4, 0.5) is 0 Å². The summed E-state index contributed by atoms with van der Waals surface area (Å²) in [5, 5.41) is 13.6. The van der Waals surface area contributed by atoms with E-state index in [-0.39, 0.29) is 24.1 Å². The largest absolute Gasteiger partial charge is 0.350 e. The van der Waals surface area contributed by atoms with Gasteiger partial charge in [0.1, 0.15) is 23.0 Å². The fourth-order valence-corrected chi connectivity index (χ4v) is 3.74. The highest BCUT2D eigenvalue weighted by molar-refractivity contribution is 7.16. The van der Waals surface area contributed by atoms with E-state index in [0.717, 1.165) is 24.5 Å². The number of nitrogens with zero attached hydrogens (tertiary/aromatic N) is 5. The van der Waals surface area contributed by atoms with E-state index in [2.05, 4.69) is 20.5 Å². The van der Waals surface area contributed by atoms with E-state index >= 15 is 0 Å². The van der Waals surface area contributed by atoms with Crippen LogP contribution in [0.5, 0.6) is 0 Å². The van der Waals surface area contributed by atoms with Gasteiger partial charge in [0.15, 0.2) is 0 Å². The first kappa shape index (κ1) is 15.0. The first-order chi connectivity index (χ1) is 11.6. The van der Waals surface area contributed by atoms with E-state index in [4.69, 9.17) is 0 Å². The van der Waals surface area contributed by atoms with Gasteiger partial charge in [0.2, 0.25) is 5.91 Å². The minimum atomic E-state index is -0.187. The number of carbonyl (C=O) groups excluding carboxylic acids is 1. The van der Waals surface area contributed by atoms with Crippen LogP contribution >= 0.6 is 11.3 Å². The number of aryl methyl sites for hydroxylation is 2. The smallest absolute Gasteiger partial charge is 0.262 e. The fourth-order valence-electron chi connectivity index (χ4n) is 3.01. The monoisotopic (exact) mass is 344 g/mol. The Bertz CT molecular complexity index is 972. The third kappa shape index (κ3) is 2.60. The Balaban J connectivity index is 1.46. The normalized spacial score (nSPS) is 17.0. The average Bonchev–Trinajstić information content (AvgIpc) is 3.18. The Kier molecular flexibility index (Phi) is 3.64. The van der Waals surface area contributed by atoms with Crippen molar-refractivity contribution in [2.24, 2.45) is 0 Å². The number of thiophene rings is 1. The van der Waals surface area contributed by atoms with E-state index in [0.29, 0.717) is 16.8 Å². The molecule has 0 saturated heterocycles. The molecule has 3 aromatic heterocycles. The maximum atomic E-state index is 12.3. The first-order valence-corrected chi connectivity index (χ1v) is 8.60. The second kappa shape index (κ2) is 5.82. The highest BCUT2D eigenvalue weighted by Gasteiger charge is 2.23. The van der Waals surface area contributed by atoms with E-state index < -0.39 is 0 Å². The number of nitrogens with one attached hydrogen (secondary N) is 1. The molecule has 0 fully saturated rings. The average molecular weight is 344 g/mol. The molecule has 8 nitrogen and oxygen atoms in total. The van der Waals surface area contributed by atoms with Crippen LogP contribution in [0.3, 0.4) is 0 Å². The molecule has 1 atom stereocenters. The van der Waals surface area contributed by atoms with E-state index in [9.17, 15) is 9.59 Å². The van der Waals surface area contributed by atoms with Crippen LogP contribution in [0, 0.1) is 6.92 Å². The molecule has 3 aromatic rings. The van der Waals surface area contributed by atoms with Gasteiger partial charge in [-0.1, -0.05) is 0 Å². The zero-order valence-electron chi connectivity index (χ0n) is 13.1. The summed E-state index contributed by atoms with van der Waals surface area (Å²) in [5.74, 6) is 1.63. The van der Waals surface area contributed by atoms with Crippen molar-refractivity contribution in [2.45, 2.75) is 38.9 Å². The Morgan fingerprint density at radius 3 is 3.21 bits per heavy atom. The molecule has 1 aliphatic heterocycles. The fraction of sp³-hybridized carbons (Fsp3) is 0.400.